The summed E-state index contributed by atoms with van der Waals surface area (Å²) in [5.74, 6) is 0.0616. The predicted molar refractivity (Wildman–Crippen MR) is 76.6 cm³/mol. The summed E-state index contributed by atoms with van der Waals surface area (Å²) >= 11 is 11.9. The van der Waals surface area contributed by atoms with Crippen molar-refractivity contribution in [1.29, 1.82) is 0 Å². The van der Waals surface area contributed by atoms with Gasteiger partial charge in [0.15, 0.2) is 0 Å². The number of ether oxygens (including phenoxy) is 1. The monoisotopic (exact) mass is 313 g/mol. The maximum atomic E-state index is 12.9. The van der Waals surface area contributed by atoms with Crippen LogP contribution in [0.4, 0.5) is 4.39 Å². The normalized spacial score (nSPS) is 10.9. The molecule has 0 bridgehead atoms. The van der Waals surface area contributed by atoms with E-state index in [-0.39, 0.29) is 6.61 Å². The van der Waals surface area contributed by atoms with Gasteiger partial charge in [0, 0.05) is 5.56 Å². The molecule has 0 aliphatic heterocycles. The third-order valence-corrected chi connectivity index (χ3v) is 3.21. The third kappa shape index (κ3) is 3.62. The van der Waals surface area contributed by atoms with E-state index in [0.717, 1.165) is 0 Å². The van der Waals surface area contributed by atoms with Crippen LogP contribution in [0.2, 0.25) is 10.0 Å². The van der Waals surface area contributed by atoms with Gasteiger partial charge >= 0.3 is 0 Å². The Balaban J connectivity index is 2.11. The van der Waals surface area contributed by atoms with Gasteiger partial charge in [0.2, 0.25) is 0 Å². The number of hydrogen-bond acceptors (Lipinski definition) is 3. The zero-order chi connectivity index (χ0) is 14.5. The molecule has 0 saturated carbocycles. The van der Waals surface area contributed by atoms with Gasteiger partial charge in [-0.25, -0.2) is 4.39 Å². The first kappa shape index (κ1) is 14.6. The lowest BCUT2D eigenvalue weighted by Gasteiger charge is -2.09. The van der Waals surface area contributed by atoms with Crippen LogP contribution >= 0.6 is 23.2 Å². The molecule has 20 heavy (non-hydrogen) atoms. The highest BCUT2D eigenvalue weighted by Crippen LogP contribution is 2.27. The molecule has 0 spiro atoms. The van der Waals surface area contributed by atoms with Crippen molar-refractivity contribution in [2.24, 2.45) is 5.16 Å². The standard InChI is InChI=1S/C14H10Cl2FNO2/c15-12-6-11(17)3-2-10(12)8-20-14-4-1-9(7-18-19)5-13(14)16/h1-7,19H,8H2. The highest BCUT2D eigenvalue weighted by molar-refractivity contribution is 6.32. The molecule has 0 unspecified atom stereocenters. The van der Waals surface area contributed by atoms with Crippen LogP contribution in [0.5, 0.6) is 5.75 Å². The van der Waals surface area contributed by atoms with E-state index in [1.54, 1.807) is 24.3 Å². The molecule has 0 heterocycles. The molecular formula is C14H10Cl2FNO2. The summed E-state index contributed by atoms with van der Waals surface area (Å²) in [6, 6.07) is 9.03. The Morgan fingerprint density at radius 3 is 2.60 bits per heavy atom. The van der Waals surface area contributed by atoms with E-state index in [9.17, 15) is 4.39 Å². The highest BCUT2D eigenvalue weighted by atomic mass is 35.5. The zero-order valence-electron chi connectivity index (χ0n) is 10.2. The Labute approximate surface area is 125 Å². The van der Waals surface area contributed by atoms with Crippen LogP contribution in [0, 0.1) is 5.82 Å². The molecule has 0 fully saturated rings. The molecule has 0 aliphatic rings. The Morgan fingerprint density at radius 2 is 1.95 bits per heavy atom. The van der Waals surface area contributed by atoms with Crippen molar-refractivity contribution in [3.8, 4) is 5.75 Å². The van der Waals surface area contributed by atoms with Crippen LogP contribution in [0.25, 0.3) is 0 Å². The second-order valence-corrected chi connectivity index (χ2v) is 4.77. The van der Waals surface area contributed by atoms with Crippen molar-refractivity contribution < 1.29 is 14.3 Å². The molecule has 0 aromatic heterocycles. The molecule has 0 aliphatic carbocycles. The molecule has 3 nitrogen and oxygen atoms in total. The molecule has 2 aromatic rings. The minimum Gasteiger partial charge on any atom is -0.487 e. The van der Waals surface area contributed by atoms with E-state index >= 15 is 0 Å². The van der Waals surface area contributed by atoms with Crippen LogP contribution in [0.1, 0.15) is 11.1 Å². The summed E-state index contributed by atoms with van der Waals surface area (Å²) in [6.07, 6.45) is 1.26. The number of rotatable bonds is 4. The summed E-state index contributed by atoms with van der Waals surface area (Å²) in [4.78, 5) is 0. The second-order valence-electron chi connectivity index (χ2n) is 3.96. The first-order chi connectivity index (χ1) is 9.60. The van der Waals surface area contributed by atoms with Gasteiger partial charge < -0.3 is 9.94 Å². The van der Waals surface area contributed by atoms with E-state index in [2.05, 4.69) is 5.16 Å². The van der Waals surface area contributed by atoms with Gasteiger partial charge in [-0.15, -0.1) is 0 Å². The Kier molecular flexibility index (Phi) is 4.82. The van der Waals surface area contributed by atoms with E-state index in [1.807, 2.05) is 0 Å². The quantitative estimate of drug-likeness (QED) is 0.512. The van der Waals surface area contributed by atoms with Crippen molar-refractivity contribution in [2.45, 2.75) is 6.61 Å². The molecule has 0 atom stereocenters. The van der Waals surface area contributed by atoms with E-state index in [0.29, 0.717) is 26.9 Å². The van der Waals surface area contributed by atoms with Gasteiger partial charge in [-0.05, 0) is 35.9 Å². The van der Waals surface area contributed by atoms with E-state index in [4.69, 9.17) is 33.1 Å². The average molecular weight is 314 g/mol. The predicted octanol–water partition coefficient (Wildman–Crippen LogP) is 4.52. The minimum atomic E-state index is -0.399. The lowest BCUT2D eigenvalue weighted by Crippen LogP contribution is -1.97. The summed E-state index contributed by atoms with van der Waals surface area (Å²) < 4.78 is 18.4. The first-order valence-corrected chi connectivity index (χ1v) is 6.39. The summed E-state index contributed by atoms with van der Waals surface area (Å²) in [5.41, 5.74) is 1.30. The van der Waals surface area contributed by atoms with Gasteiger partial charge in [-0.2, -0.15) is 0 Å². The molecule has 6 heteroatoms. The van der Waals surface area contributed by atoms with Crippen LogP contribution in [0.15, 0.2) is 41.6 Å². The molecular weight excluding hydrogens is 304 g/mol. The highest BCUT2D eigenvalue weighted by Gasteiger charge is 2.06. The van der Waals surface area contributed by atoms with Gasteiger partial charge in [0.05, 0.1) is 16.3 Å². The number of hydrogen-bond donors (Lipinski definition) is 1. The van der Waals surface area contributed by atoms with E-state index in [1.165, 1.54) is 18.3 Å². The number of benzene rings is 2. The number of oxime groups is 1. The molecule has 1 N–H and O–H groups in total. The summed E-state index contributed by atoms with van der Waals surface area (Å²) in [6.45, 7) is 0.173. The molecule has 0 amide bonds. The SMILES string of the molecule is ON=Cc1ccc(OCc2ccc(F)cc2Cl)c(Cl)c1. The van der Waals surface area contributed by atoms with Gasteiger partial charge in [-0.1, -0.05) is 34.4 Å². The van der Waals surface area contributed by atoms with Gasteiger partial charge in [-0.3, -0.25) is 0 Å². The summed E-state index contributed by atoms with van der Waals surface area (Å²) in [7, 11) is 0. The lowest BCUT2D eigenvalue weighted by molar-refractivity contribution is 0.306. The van der Waals surface area contributed by atoms with Crippen molar-refractivity contribution in [1.82, 2.24) is 0 Å². The Bertz CT molecular complexity index is 647. The molecule has 0 saturated heterocycles. The van der Waals surface area contributed by atoms with Crippen LogP contribution in [-0.2, 0) is 6.61 Å². The number of halogens is 3. The van der Waals surface area contributed by atoms with E-state index < -0.39 is 5.82 Å². The fraction of sp³-hybridized carbons (Fsp3) is 0.0714. The van der Waals surface area contributed by atoms with Crippen LogP contribution in [-0.4, -0.2) is 11.4 Å². The average Bonchev–Trinajstić information content (AvgIpc) is 2.40. The summed E-state index contributed by atoms with van der Waals surface area (Å²) in [5, 5.41) is 12.0. The molecule has 2 aromatic carbocycles. The smallest absolute Gasteiger partial charge is 0.138 e. The third-order valence-electron chi connectivity index (χ3n) is 2.56. The van der Waals surface area contributed by atoms with Gasteiger partial charge in [0.1, 0.15) is 18.2 Å². The molecule has 2 rings (SSSR count). The zero-order valence-corrected chi connectivity index (χ0v) is 11.7. The Morgan fingerprint density at radius 1 is 1.15 bits per heavy atom. The fourth-order valence-corrected chi connectivity index (χ4v) is 2.04. The number of nitrogens with zero attached hydrogens (tertiary/aromatic N) is 1. The maximum Gasteiger partial charge on any atom is 0.138 e. The van der Waals surface area contributed by atoms with Crippen molar-refractivity contribution >= 4 is 29.4 Å². The first-order valence-electron chi connectivity index (χ1n) is 5.64. The van der Waals surface area contributed by atoms with Crippen LogP contribution in [0.3, 0.4) is 0 Å². The van der Waals surface area contributed by atoms with Crippen molar-refractivity contribution in [3.63, 3.8) is 0 Å². The topological polar surface area (TPSA) is 41.8 Å². The Hall–Kier alpha value is -1.78. The lowest BCUT2D eigenvalue weighted by atomic mass is 10.2. The van der Waals surface area contributed by atoms with Crippen molar-refractivity contribution in [3.05, 3.63) is 63.4 Å². The fourth-order valence-electron chi connectivity index (χ4n) is 1.58. The largest absolute Gasteiger partial charge is 0.487 e. The second kappa shape index (κ2) is 6.59. The maximum absolute atomic E-state index is 12.9. The minimum absolute atomic E-state index is 0.173. The van der Waals surface area contributed by atoms with Crippen molar-refractivity contribution in [2.75, 3.05) is 0 Å². The molecule has 0 radical (unpaired) electrons. The van der Waals surface area contributed by atoms with Gasteiger partial charge in [0.25, 0.3) is 0 Å². The van der Waals surface area contributed by atoms with Crippen LogP contribution < -0.4 is 4.74 Å². The molecule has 104 valence electrons.